The molecule has 0 spiro atoms. The summed E-state index contributed by atoms with van der Waals surface area (Å²) in [6, 6.07) is 0.475. The van der Waals surface area contributed by atoms with E-state index in [1.165, 1.54) is 19.3 Å². The van der Waals surface area contributed by atoms with E-state index in [1.807, 2.05) is 18.1 Å². The molecule has 1 aliphatic carbocycles. The number of hydrogen-bond acceptors (Lipinski definition) is 5. The van der Waals surface area contributed by atoms with Crippen LogP contribution in [-0.2, 0) is 4.79 Å². The Morgan fingerprint density at radius 1 is 1.15 bits per heavy atom. The van der Waals surface area contributed by atoms with E-state index < -0.39 is 0 Å². The molecule has 6 nitrogen and oxygen atoms in total. The van der Waals surface area contributed by atoms with Crippen LogP contribution in [0.4, 0.5) is 9.93 Å². The van der Waals surface area contributed by atoms with Crippen LogP contribution in [-0.4, -0.2) is 58.2 Å². The zero-order chi connectivity index (χ0) is 19.4. The number of amides is 3. The molecular formula is C19H30N4O2S2. The number of carbonyl (C=O) groups excluding carboxylic acids is 2. The van der Waals surface area contributed by atoms with Gasteiger partial charge in [-0.25, -0.2) is 9.78 Å². The highest BCUT2D eigenvalue weighted by atomic mass is 32.2. The standard InChI is InChI=1S/C19H30N4O2S2/c1-13-17(26-3)27-18(20-13)21-19(25)23(15-7-5-4-6-8-15)16-9-11-22(12-10-16)14(2)24/h15-16H,4-12H2,1-3H3,(H,20,21,25). The molecule has 0 unspecified atom stereocenters. The van der Waals surface area contributed by atoms with Crippen molar-refractivity contribution < 1.29 is 9.59 Å². The molecular weight excluding hydrogens is 380 g/mol. The number of thiazole rings is 1. The molecule has 1 aromatic rings. The molecule has 3 amide bonds. The van der Waals surface area contributed by atoms with Crippen LogP contribution >= 0.6 is 23.1 Å². The highest BCUT2D eigenvalue weighted by Crippen LogP contribution is 2.32. The van der Waals surface area contributed by atoms with Crippen LogP contribution in [0.1, 0.15) is 57.6 Å². The molecule has 2 fully saturated rings. The first-order valence-corrected chi connectivity index (χ1v) is 11.9. The van der Waals surface area contributed by atoms with Crippen LogP contribution < -0.4 is 5.32 Å². The normalized spacial score (nSPS) is 19.1. The van der Waals surface area contributed by atoms with Crippen molar-refractivity contribution >= 4 is 40.2 Å². The maximum atomic E-state index is 13.2. The molecule has 8 heteroatoms. The van der Waals surface area contributed by atoms with Crippen LogP contribution in [0.25, 0.3) is 0 Å². The Labute approximate surface area is 170 Å². The van der Waals surface area contributed by atoms with Crippen molar-refractivity contribution in [1.82, 2.24) is 14.8 Å². The average Bonchev–Trinajstić information content (AvgIpc) is 3.02. The van der Waals surface area contributed by atoms with Gasteiger partial charge in [-0.3, -0.25) is 10.1 Å². The first-order valence-electron chi connectivity index (χ1n) is 9.86. The summed E-state index contributed by atoms with van der Waals surface area (Å²) in [6.45, 7) is 5.08. The number of likely N-dealkylation sites (tertiary alicyclic amines) is 1. The Hall–Kier alpha value is -1.28. The van der Waals surface area contributed by atoms with Gasteiger partial charge in [-0.15, -0.1) is 11.8 Å². The lowest BCUT2D eigenvalue weighted by Gasteiger charge is -2.43. The van der Waals surface area contributed by atoms with Crippen LogP contribution in [0, 0.1) is 6.92 Å². The minimum Gasteiger partial charge on any atom is -0.343 e. The Balaban J connectivity index is 1.72. The highest BCUT2D eigenvalue weighted by Gasteiger charge is 2.34. The second-order valence-electron chi connectivity index (χ2n) is 7.46. The smallest absolute Gasteiger partial charge is 0.324 e. The summed E-state index contributed by atoms with van der Waals surface area (Å²) in [5.41, 5.74) is 0.974. The van der Waals surface area contributed by atoms with E-state index in [0.717, 1.165) is 48.7 Å². The van der Waals surface area contributed by atoms with Crippen LogP contribution in [0.5, 0.6) is 0 Å². The Kier molecular flexibility index (Phi) is 7.03. The number of hydrogen-bond donors (Lipinski definition) is 1. The van der Waals surface area contributed by atoms with Gasteiger partial charge in [-0.1, -0.05) is 30.6 Å². The SMILES string of the molecule is CSc1sc(NC(=O)N(C2CCCCC2)C2CCN(C(C)=O)CC2)nc1C. The van der Waals surface area contributed by atoms with Crippen LogP contribution in [0.3, 0.4) is 0 Å². The number of piperidine rings is 1. The third-order valence-electron chi connectivity index (χ3n) is 5.66. The van der Waals surface area contributed by atoms with Gasteiger partial charge in [0.2, 0.25) is 5.91 Å². The predicted molar refractivity (Wildman–Crippen MR) is 112 cm³/mol. The first kappa shape index (κ1) is 20.5. The lowest BCUT2D eigenvalue weighted by atomic mass is 9.91. The molecule has 0 aromatic carbocycles. The molecule has 0 radical (unpaired) electrons. The van der Waals surface area contributed by atoms with Gasteiger partial charge in [0.25, 0.3) is 0 Å². The van der Waals surface area contributed by atoms with Crippen LogP contribution in [0.2, 0.25) is 0 Å². The predicted octanol–water partition coefficient (Wildman–Crippen LogP) is 4.35. The maximum Gasteiger partial charge on any atom is 0.324 e. The van der Waals surface area contributed by atoms with Crippen molar-refractivity contribution in [3.63, 3.8) is 0 Å². The summed E-state index contributed by atoms with van der Waals surface area (Å²) in [5.74, 6) is 0.130. The fraction of sp³-hybridized carbons (Fsp3) is 0.737. The zero-order valence-corrected chi connectivity index (χ0v) is 18.1. The van der Waals surface area contributed by atoms with Crippen molar-refractivity contribution in [2.24, 2.45) is 0 Å². The fourth-order valence-corrected chi connectivity index (χ4v) is 5.83. The molecule has 1 aliphatic heterocycles. The molecule has 150 valence electrons. The first-order chi connectivity index (χ1) is 13.0. The summed E-state index contributed by atoms with van der Waals surface area (Å²) >= 11 is 3.21. The van der Waals surface area contributed by atoms with Crippen LogP contribution in [0.15, 0.2) is 4.21 Å². The Bertz CT molecular complexity index is 665. The van der Waals surface area contributed by atoms with Crippen molar-refractivity contribution in [3.05, 3.63) is 5.69 Å². The number of anilines is 1. The molecule has 0 bridgehead atoms. The van der Waals surface area contributed by atoms with E-state index in [0.29, 0.717) is 11.2 Å². The Morgan fingerprint density at radius 2 is 1.78 bits per heavy atom. The molecule has 3 rings (SSSR count). The fourth-order valence-electron chi connectivity index (χ4n) is 4.23. The molecule has 1 N–H and O–H groups in total. The second-order valence-corrected chi connectivity index (χ2v) is 9.54. The molecule has 27 heavy (non-hydrogen) atoms. The highest BCUT2D eigenvalue weighted by molar-refractivity contribution is 8.00. The number of rotatable bonds is 4. The van der Waals surface area contributed by atoms with Gasteiger partial charge in [0.1, 0.15) is 0 Å². The van der Waals surface area contributed by atoms with E-state index in [1.54, 1.807) is 30.0 Å². The minimum atomic E-state index is -0.0235. The lowest BCUT2D eigenvalue weighted by Crippen LogP contribution is -2.54. The summed E-state index contributed by atoms with van der Waals surface area (Å²) < 4.78 is 1.14. The van der Waals surface area contributed by atoms with E-state index >= 15 is 0 Å². The Morgan fingerprint density at radius 3 is 2.33 bits per heavy atom. The number of urea groups is 1. The lowest BCUT2D eigenvalue weighted by molar-refractivity contribution is -0.130. The van der Waals surface area contributed by atoms with Gasteiger partial charge in [0, 0.05) is 32.1 Å². The maximum absolute atomic E-state index is 13.2. The van der Waals surface area contributed by atoms with E-state index in [2.05, 4.69) is 15.2 Å². The van der Waals surface area contributed by atoms with Crippen molar-refractivity contribution in [2.45, 2.75) is 75.1 Å². The number of nitrogens with one attached hydrogen (secondary N) is 1. The van der Waals surface area contributed by atoms with Gasteiger partial charge in [0.05, 0.1) is 9.90 Å². The third-order valence-corrected chi connectivity index (χ3v) is 7.94. The van der Waals surface area contributed by atoms with E-state index in [9.17, 15) is 9.59 Å². The van der Waals surface area contributed by atoms with Gasteiger partial charge in [-0.2, -0.15) is 0 Å². The molecule has 1 aromatic heterocycles. The van der Waals surface area contributed by atoms with Gasteiger partial charge in [-0.05, 0) is 38.9 Å². The van der Waals surface area contributed by atoms with Crippen molar-refractivity contribution in [3.8, 4) is 0 Å². The molecule has 2 heterocycles. The molecule has 1 saturated carbocycles. The largest absolute Gasteiger partial charge is 0.343 e. The number of nitrogens with zero attached hydrogens (tertiary/aromatic N) is 3. The summed E-state index contributed by atoms with van der Waals surface area (Å²) in [6.07, 6.45) is 9.54. The molecule has 2 aliphatic rings. The average molecular weight is 411 g/mol. The number of aromatic nitrogens is 1. The summed E-state index contributed by atoms with van der Waals surface area (Å²) in [4.78, 5) is 33.4. The molecule has 1 saturated heterocycles. The van der Waals surface area contributed by atoms with E-state index in [4.69, 9.17) is 0 Å². The summed E-state index contributed by atoms with van der Waals surface area (Å²) in [5, 5.41) is 3.75. The van der Waals surface area contributed by atoms with E-state index in [-0.39, 0.29) is 18.0 Å². The number of thioether (sulfide) groups is 1. The van der Waals surface area contributed by atoms with Crippen molar-refractivity contribution in [1.29, 1.82) is 0 Å². The van der Waals surface area contributed by atoms with Gasteiger partial charge < -0.3 is 9.80 Å². The monoisotopic (exact) mass is 410 g/mol. The number of carbonyl (C=O) groups is 2. The number of aryl methyl sites for hydroxylation is 1. The molecule has 0 atom stereocenters. The minimum absolute atomic E-state index is 0.0235. The summed E-state index contributed by atoms with van der Waals surface area (Å²) in [7, 11) is 0. The zero-order valence-electron chi connectivity index (χ0n) is 16.5. The second kappa shape index (κ2) is 9.28. The van der Waals surface area contributed by atoms with Gasteiger partial charge in [0.15, 0.2) is 5.13 Å². The third kappa shape index (κ3) is 4.96. The quantitative estimate of drug-likeness (QED) is 0.750. The topological polar surface area (TPSA) is 65.5 Å². The van der Waals surface area contributed by atoms with Gasteiger partial charge >= 0.3 is 6.03 Å². The van der Waals surface area contributed by atoms with Crippen molar-refractivity contribution in [2.75, 3.05) is 24.7 Å².